The zero-order valence-corrected chi connectivity index (χ0v) is 19.7. The highest BCUT2D eigenvalue weighted by molar-refractivity contribution is 5.94. The zero-order chi connectivity index (χ0) is 23.8. The Kier molecular flexibility index (Phi) is 8.82. The Morgan fingerprint density at radius 3 is 2.58 bits per heavy atom. The number of ketones is 1. The summed E-state index contributed by atoms with van der Waals surface area (Å²) in [6, 6.07) is 8.41. The van der Waals surface area contributed by atoms with E-state index in [9.17, 15) is 14.4 Å². The highest BCUT2D eigenvalue weighted by Crippen LogP contribution is 2.28. The molecule has 0 bridgehead atoms. The van der Waals surface area contributed by atoms with Gasteiger partial charge in [-0.2, -0.15) is 0 Å². The maximum atomic E-state index is 13.2. The second kappa shape index (κ2) is 11.6. The topological polar surface area (TPSA) is 106 Å². The monoisotopic (exact) mass is 461 g/mol. The molecule has 2 saturated heterocycles. The minimum absolute atomic E-state index is 0.0138. The average Bonchev–Trinajstić information content (AvgIpc) is 3.13. The zero-order valence-electron chi connectivity index (χ0n) is 19.7. The van der Waals surface area contributed by atoms with Gasteiger partial charge in [0.1, 0.15) is 18.7 Å². The van der Waals surface area contributed by atoms with Gasteiger partial charge in [-0.3, -0.25) is 9.59 Å². The Hall–Kier alpha value is -2.49. The summed E-state index contributed by atoms with van der Waals surface area (Å²) in [5.41, 5.74) is 0.832. The van der Waals surface area contributed by atoms with Crippen LogP contribution < -0.4 is 10.6 Å². The van der Waals surface area contributed by atoms with Gasteiger partial charge in [0.2, 0.25) is 5.91 Å². The molecule has 2 aliphatic heterocycles. The van der Waals surface area contributed by atoms with Crippen LogP contribution in [0.25, 0.3) is 0 Å². The van der Waals surface area contributed by atoms with Crippen molar-refractivity contribution < 1.29 is 28.7 Å². The van der Waals surface area contributed by atoms with Crippen LogP contribution in [0.4, 0.5) is 4.79 Å². The number of nitrogens with zero attached hydrogens (tertiary/aromatic N) is 1. The van der Waals surface area contributed by atoms with Gasteiger partial charge in [0, 0.05) is 0 Å². The fourth-order valence-corrected chi connectivity index (χ4v) is 4.27. The number of rotatable bonds is 9. The van der Waals surface area contributed by atoms with Crippen molar-refractivity contribution in [3.63, 3.8) is 0 Å². The van der Waals surface area contributed by atoms with Crippen molar-refractivity contribution in [2.24, 2.45) is 5.41 Å². The van der Waals surface area contributed by atoms with Crippen LogP contribution in [-0.2, 0) is 30.3 Å². The Labute approximate surface area is 195 Å². The standard InChI is InChI=1S/C24H35N3O6/c1-4-20-21(19(28)16-32-20)26-22(29)18(25-23(30)33-27-10-12-31-13-11-27)15-24(2,3)14-17-8-6-5-7-9-17/h5-9,18,20-21H,4,10-16H2,1-3H3,(H,25,30)(H,26,29)/t18-,20?,21?/m0/s1. The Morgan fingerprint density at radius 1 is 1.21 bits per heavy atom. The first kappa shape index (κ1) is 25.1. The van der Waals surface area contributed by atoms with E-state index in [-0.39, 0.29) is 23.9 Å². The van der Waals surface area contributed by atoms with E-state index in [1.54, 1.807) is 0 Å². The fraction of sp³-hybridized carbons (Fsp3) is 0.625. The van der Waals surface area contributed by atoms with Gasteiger partial charge >= 0.3 is 6.09 Å². The molecular weight excluding hydrogens is 426 g/mol. The first-order valence-electron chi connectivity index (χ1n) is 11.6. The first-order chi connectivity index (χ1) is 15.8. The maximum absolute atomic E-state index is 13.2. The lowest BCUT2D eigenvalue weighted by molar-refractivity contribution is -0.147. The van der Waals surface area contributed by atoms with Gasteiger partial charge < -0.3 is 24.9 Å². The van der Waals surface area contributed by atoms with Gasteiger partial charge in [-0.05, 0) is 30.2 Å². The molecule has 0 aliphatic carbocycles. The largest absolute Gasteiger partial charge is 0.426 e. The molecule has 2 fully saturated rings. The van der Waals surface area contributed by atoms with E-state index < -0.39 is 24.1 Å². The molecule has 0 spiro atoms. The second-order valence-corrected chi connectivity index (χ2v) is 9.36. The SMILES string of the molecule is CCC1OCC(=O)C1NC(=O)[C@H](CC(C)(C)Cc1ccccc1)NC(=O)ON1CCOCC1. The van der Waals surface area contributed by atoms with E-state index in [4.69, 9.17) is 14.3 Å². The van der Waals surface area contributed by atoms with Crippen LogP contribution in [0, 0.1) is 5.41 Å². The van der Waals surface area contributed by atoms with E-state index in [1.165, 1.54) is 5.06 Å². The van der Waals surface area contributed by atoms with Gasteiger partial charge in [0.25, 0.3) is 0 Å². The Bertz CT molecular complexity index is 810. The molecule has 182 valence electrons. The van der Waals surface area contributed by atoms with Gasteiger partial charge in [-0.25, -0.2) is 4.79 Å². The predicted octanol–water partition coefficient (Wildman–Crippen LogP) is 1.85. The van der Waals surface area contributed by atoms with Gasteiger partial charge in [-0.15, -0.1) is 5.06 Å². The third kappa shape index (κ3) is 7.52. The van der Waals surface area contributed by atoms with Crippen molar-refractivity contribution >= 4 is 17.8 Å². The normalized spacial score (nSPS) is 22.6. The third-order valence-corrected chi connectivity index (χ3v) is 5.93. The molecule has 2 N–H and O–H groups in total. The molecular formula is C24H35N3O6. The number of ether oxygens (including phenoxy) is 2. The highest BCUT2D eigenvalue weighted by atomic mass is 16.7. The van der Waals surface area contributed by atoms with E-state index >= 15 is 0 Å². The molecule has 33 heavy (non-hydrogen) atoms. The van der Waals surface area contributed by atoms with Gasteiger partial charge in [0.15, 0.2) is 5.78 Å². The van der Waals surface area contributed by atoms with Crippen molar-refractivity contribution in [1.82, 2.24) is 15.7 Å². The van der Waals surface area contributed by atoms with Crippen LogP contribution in [0.3, 0.4) is 0 Å². The van der Waals surface area contributed by atoms with Crippen LogP contribution >= 0.6 is 0 Å². The minimum Gasteiger partial charge on any atom is -0.379 e. The maximum Gasteiger partial charge on any atom is 0.426 e. The molecule has 3 atom stereocenters. The number of carbonyl (C=O) groups excluding carboxylic acids is 3. The molecule has 1 aromatic rings. The summed E-state index contributed by atoms with van der Waals surface area (Å²) in [4.78, 5) is 43.5. The Balaban J connectivity index is 1.69. The van der Waals surface area contributed by atoms with Crippen molar-refractivity contribution in [3.05, 3.63) is 35.9 Å². The lowest BCUT2D eigenvalue weighted by Crippen LogP contribution is -2.55. The number of benzene rings is 1. The fourth-order valence-electron chi connectivity index (χ4n) is 4.27. The summed E-state index contributed by atoms with van der Waals surface area (Å²) in [6.07, 6.45) is 0.631. The predicted molar refractivity (Wildman–Crippen MR) is 121 cm³/mol. The Morgan fingerprint density at radius 2 is 1.91 bits per heavy atom. The summed E-state index contributed by atoms with van der Waals surface area (Å²) in [5.74, 6) is -0.578. The number of nitrogens with one attached hydrogen (secondary N) is 2. The molecule has 1 aromatic carbocycles. The number of morpholine rings is 1. The third-order valence-electron chi connectivity index (χ3n) is 5.93. The van der Waals surface area contributed by atoms with Crippen molar-refractivity contribution in [2.75, 3.05) is 32.9 Å². The van der Waals surface area contributed by atoms with Crippen LogP contribution in [0.5, 0.6) is 0 Å². The molecule has 2 amide bonds. The minimum atomic E-state index is -0.872. The summed E-state index contributed by atoms with van der Waals surface area (Å²) in [5, 5.41) is 7.05. The average molecular weight is 462 g/mol. The molecule has 3 rings (SSSR count). The molecule has 2 heterocycles. The molecule has 0 saturated carbocycles. The summed E-state index contributed by atoms with van der Waals surface area (Å²) < 4.78 is 10.7. The van der Waals surface area contributed by atoms with Crippen molar-refractivity contribution in [3.8, 4) is 0 Å². The summed E-state index contributed by atoms with van der Waals surface area (Å²) in [6.45, 7) is 7.88. The molecule has 0 radical (unpaired) electrons. The molecule has 9 heteroatoms. The number of hydrogen-bond acceptors (Lipinski definition) is 7. The van der Waals surface area contributed by atoms with Crippen LogP contribution in [0.1, 0.15) is 39.2 Å². The summed E-state index contributed by atoms with van der Waals surface area (Å²) in [7, 11) is 0. The number of carbonyl (C=O) groups is 3. The van der Waals surface area contributed by atoms with E-state index in [2.05, 4.69) is 10.6 Å². The van der Waals surface area contributed by atoms with Crippen LogP contribution in [-0.4, -0.2) is 73.9 Å². The molecule has 0 aromatic heterocycles. The number of Topliss-reactive ketones (excluding diaryl/α,β-unsaturated/α-hetero) is 1. The first-order valence-corrected chi connectivity index (χ1v) is 11.6. The lowest BCUT2D eigenvalue weighted by atomic mass is 9.80. The number of amides is 2. The van der Waals surface area contributed by atoms with Gasteiger partial charge in [-0.1, -0.05) is 51.1 Å². The highest BCUT2D eigenvalue weighted by Gasteiger charge is 2.38. The van der Waals surface area contributed by atoms with E-state index in [0.717, 1.165) is 12.0 Å². The molecule has 2 aliphatic rings. The van der Waals surface area contributed by atoms with E-state index in [1.807, 2.05) is 51.1 Å². The van der Waals surface area contributed by atoms with Crippen molar-refractivity contribution in [1.29, 1.82) is 0 Å². The van der Waals surface area contributed by atoms with Crippen LogP contribution in [0.15, 0.2) is 30.3 Å². The van der Waals surface area contributed by atoms with E-state index in [0.29, 0.717) is 39.1 Å². The number of hydroxylamine groups is 2. The van der Waals surface area contributed by atoms with Crippen molar-refractivity contribution in [2.45, 2.75) is 58.2 Å². The number of hydrogen-bond donors (Lipinski definition) is 2. The summed E-state index contributed by atoms with van der Waals surface area (Å²) >= 11 is 0. The quantitative estimate of drug-likeness (QED) is 0.578. The molecule has 9 nitrogen and oxygen atoms in total. The second-order valence-electron chi connectivity index (χ2n) is 9.36. The smallest absolute Gasteiger partial charge is 0.379 e. The lowest BCUT2D eigenvalue weighted by Gasteiger charge is -2.31. The van der Waals surface area contributed by atoms with Gasteiger partial charge in [0.05, 0.1) is 32.4 Å². The van der Waals surface area contributed by atoms with Crippen LogP contribution in [0.2, 0.25) is 0 Å². The molecule has 2 unspecified atom stereocenters.